The molecule has 0 bridgehead atoms. The van der Waals surface area contributed by atoms with Crippen molar-refractivity contribution in [3.05, 3.63) is 58.6 Å². The van der Waals surface area contributed by atoms with Crippen molar-refractivity contribution in [3.63, 3.8) is 0 Å². The topological polar surface area (TPSA) is 47.6 Å². The number of carbonyl (C=O) groups is 1. The van der Waals surface area contributed by atoms with E-state index in [0.29, 0.717) is 28.6 Å². The Hall–Kier alpha value is -2.20. The first kappa shape index (κ1) is 17.2. The van der Waals surface area contributed by atoms with Crippen LogP contribution in [0.3, 0.4) is 0 Å². The minimum absolute atomic E-state index is 0.0313. The number of hydrogen-bond acceptors (Lipinski definition) is 3. The van der Waals surface area contributed by atoms with E-state index >= 15 is 0 Å². The van der Waals surface area contributed by atoms with E-state index in [1.807, 2.05) is 32.0 Å². The Morgan fingerprint density at radius 1 is 1.17 bits per heavy atom. The van der Waals surface area contributed by atoms with Gasteiger partial charge in [-0.25, -0.2) is 0 Å². The predicted molar refractivity (Wildman–Crippen MR) is 91.4 cm³/mol. The molecule has 122 valence electrons. The van der Waals surface area contributed by atoms with E-state index in [-0.39, 0.29) is 12.0 Å². The van der Waals surface area contributed by atoms with Crippen LogP contribution >= 0.6 is 11.6 Å². The standard InChI is InChI=1S/C18H20ClNO3/c1-12(2)23-16-9-8-13(10-17(16)22-3)18(21)20-11-14-6-4-5-7-15(14)19/h4-10,12H,11H2,1-3H3,(H,20,21). The Balaban J connectivity index is 2.09. The molecule has 0 aromatic heterocycles. The molecule has 0 unspecified atom stereocenters. The second-order valence-corrected chi connectivity index (χ2v) is 5.71. The van der Waals surface area contributed by atoms with Crippen molar-refractivity contribution in [3.8, 4) is 11.5 Å². The maximum Gasteiger partial charge on any atom is 0.251 e. The maximum absolute atomic E-state index is 12.3. The molecule has 0 heterocycles. The van der Waals surface area contributed by atoms with Gasteiger partial charge in [0.05, 0.1) is 13.2 Å². The molecule has 4 nitrogen and oxygen atoms in total. The summed E-state index contributed by atoms with van der Waals surface area (Å²) in [5.74, 6) is 0.952. The summed E-state index contributed by atoms with van der Waals surface area (Å²) in [4.78, 5) is 12.3. The lowest BCUT2D eigenvalue weighted by Gasteiger charge is -2.14. The molecule has 2 rings (SSSR count). The minimum Gasteiger partial charge on any atom is -0.493 e. The van der Waals surface area contributed by atoms with Crippen LogP contribution in [0.2, 0.25) is 5.02 Å². The Morgan fingerprint density at radius 2 is 1.91 bits per heavy atom. The highest BCUT2D eigenvalue weighted by atomic mass is 35.5. The third-order valence-corrected chi connectivity index (χ3v) is 3.55. The fraction of sp³-hybridized carbons (Fsp3) is 0.278. The number of rotatable bonds is 6. The Kier molecular flexibility index (Phi) is 5.88. The van der Waals surface area contributed by atoms with Gasteiger partial charge in [-0.1, -0.05) is 29.8 Å². The van der Waals surface area contributed by atoms with Crippen molar-refractivity contribution in [1.82, 2.24) is 5.32 Å². The summed E-state index contributed by atoms with van der Waals surface area (Å²) in [5.41, 5.74) is 1.37. The van der Waals surface area contributed by atoms with E-state index in [1.165, 1.54) is 0 Å². The molecule has 0 saturated heterocycles. The minimum atomic E-state index is -0.195. The second kappa shape index (κ2) is 7.88. The van der Waals surface area contributed by atoms with E-state index in [0.717, 1.165) is 5.56 Å². The molecule has 2 aromatic rings. The van der Waals surface area contributed by atoms with Gasteiger partial charge in [0.2, 0.25) is 0 Å². The zero-order chi connectivity index (χ0) is 16.8. The van der Waals surface area contributed by atoms with Crippen LogP contribution in [0, 0.1) is 0 Å². The number of ether oxygens (including phenoxy) is 2. The van der Waals surface area contributed by atoms with Crippen LogP contribution in [0.4, 0.5) is 0 Å². The molecular weight excluding hydrogens is 314 g/mol. The first-order chi connectivity index (χ1) is 11.0. The summed E-state index contributed by atoms with van der Waals surface area (Å²) in [6.45, 7) is 4.23. The van der Waals surface area contributed by atoms with Gasteiger partial charge in [0.25, 0.3) is 5.91 Å². The van der Waals surface area contributed by atoms with Crippen LogP contribution in [-0.2, 0) is 6.54 Å². The lowest BCUT2D eigenvalue weighted by Crippen LogP contribution is -2.23. The summed E-state index contributed by atoms with van der Waals surface area (Å²) in [6, 6.07) is 12.5. The zero-order valence-electron chi connectivity index (χ0n) is 13.4. The molecule has 1 amide bonds. The molecule has 5 heteroatoms. The van der Waals surface area contributed by atoms with Gasteiger partial charge in [-0.05, 0) is 43.7 Å². The van der Waals surface area contributed by atoms with Crippen molar-refractivity contribution in [2.45, 2.75) is 26.5 Å². The Morgan fingerprint density at radius 3 is 2.57 bits per heavy atom. The van der Waals surface area contributed by atoms with Gasteiger partial charge in [-0.3, -0.25) is 4.79 Å². The summed E-state index contributed by atoms with van der Waals surface area (Å²) in [7, 11) is 1.55. The van der Waals surface area contributed by atoms with Gasteiger partial charge in [0, 0.05) is 17.1 Å². The molecule has 0 atom stereocenters. The summed E-state index contributed by atoms with van der Waals surface area (Å²) in [6.07, 6.45) is 0.0313. The van der Waals surface area contributed by atoms with E-state index in [1.54, 1.807) is 31.4 Å². The normalized spacial score (nSPS) is 10.5. The highest BCUT2D eigenvalue weighted by molar-refractivity contribution is 6.31. The summed E-state index contributed by atoms with van der Waals surface area (Å²) in [5, 5.41) is 3.48. The molecule has 23 heavy (non-hydrogen) atoms. The summed E-state index contributed by atoms with van der Waals surface area (Å²) < 4.78 is 10.9. The number of carbonyl (C=O) groups excluding carboxylic acids is 1. The number of benzene rings is 2. The van der Waals surface area contributed by atoms with Gasteiger partial charge in [-0.2, -0.15) is 0 Å². The molecule has 0 saturated carbocycles. The average molecular weight is 334 g/mol. The molecule has 0 radical (unpaired) electrons. The number of hydrogen-bond donors (Lipinski definition) is 1. The first-order valence-corrected chi connectivity index (χ1v) is 7.75. The smallest absolute Gasteiger partial charge is 0.251 e. The Bertz CT molecular complexity index is 686. The maximum atomic E-state index is 12.3. The summed E-state index contributed by atoms with van der Waals surface area (Å²) >= 11 is 6.08. The third kappa shape index (κ3) is 4.63. The lowest BCUT2D eigenvalue weighted by molar-refractivity contribution is 0.0950. The molecule has 0 spiro atoms. The van der Waals surface area contributed by atoms with Crippen molar-refractivity contribution < 1.29 is 14.3 Å². The van der Waals surface area contributed by atoms with Crippen molar-refractivity contribution in [1.29, 1.82) is 0 Å². The van der Waals surface area contributed by atoms with E-state index in [4.69, 9.17) is 21.1 Å². The number of amides is 1. The molecular formula is C18H20ClNO3. The predicted octanol–water partition coefficient (Wildman–Crippen LogP) is 4.07. The van der Waals surface area contributed by atoms with Crippen LogP contribution in [0.5, 0.6) is 11.5 Å². The first-order valence-electron chi connectivity index (χ1n) is 7.37. The van der Waals surface area contributed by atoms with E-state index in [9.17, 15) is 4.79 Å². The second-order valence-electron chi connectivity index (χ2n) is 5.31. The van der Waals surface area contributed by atoms with Gasteiger partial charge >= 0.3 is 0 Å². The molecule has 2 aromatic carbocycles. The SMILES string of the molecule is COc1cc(C(=O)NCc2ccccc2Cl)ccc1OC(C)C. The van der Waals surface area contributed by atoms with E-state index < -0.39 is 0 Å². The van der Waals surface area contributed by atoms with Crippen molar-refractivity contribution >= 4 is 17.5 Å². The molecule has 1 N–H and O–H groups in total. The lowest BCUT2D eigenvalue weighted by atomic mass is 10.1. The van der Waals surface area contributed by atoms with Crippen LogP contribution < -0.4 is 14.8 Å². The van der Waals surface area contributed by atoms with Crippen LogP contribution in [-0.4, -0.2) is 19.1 Å². The number of methoxy groups -OCH3 is 1. The monoisotopic (exact) mass is 333 g/mol. The number of halogens is 1. The molecule has 0 fully saturated rings. The quantitative estimate of drug-likeness (QED) is 0.867. The van der Waals surface area contributed by atoms with Gasteiger partial charge in [0.15, 0.2) is 11.5 Å². The average Bonchev–Trinajstić information content (AvgIpc) is 2.53. The fourth-order valence-electron chi connectivity index (χ4n) is 2.08. The van der Waals surface area contributed by atoms with Gasteiger partial charge < -0.3 is 14.8 Å². The third-order valence-electron chi connectivity index (χ3n) is 3.19. The highest BCUT2D eigenvalue weighted by Crippen LogP contribution is 2.29. The van der Waals surface area contributed by atoms with Gasteiger partial charge in [0.1, 0.15) is 0 Å². The van der Waals surface area contributed by atoms with Crippen LogP contribution in [0.1, 0.15) is 29.8 Å². The van der Waals surface area contributed by atoms with Crippen molar-refractivity contribution in [2.24, 2.45) is 0 Å². The fourth-order valence-corrected chi connectivity index (χ4v) is 2.28. The Labute approximate surface area is 141 Å². The van der Waals surface area contributed by atoms with Crippen LogP contribution in [0.25, 0.3) is 0 Å². The highest BCUT2D eigenvalue weighted by Gasteiger charge is 2.12. The zero-order valence-corrected chi connectivity index (χ0v) is 14.2. The van der Waals surface area contributed by atoms with Gasteiger partial charge in [-0.15, -0.1) is 0 Å². The molecule has 0 aliphatic carbocycles. The van der Waals surface area contributed by atoms with Crippen molar-refractivity contribution in [2.75, 3.05) is 7.11 Å². The molecule has 0 aliphatic rings. The van der Waals surface area contributed by atoms with E-state index in [2.05, 4.69) is 5.32 Å². The largest absolute Gasteiger partial charge is 0.493 e. The molecule has 0 aliphatic heterocycles. The number of nitrogens with one attached hydrogen (secondary N) is 1. The van der Waals surface area contributed by atoms with Crippen LogP contribution in [0.15, 0.2) is 42.5 Å².